The van der Waals surface area contributed by atoms with Crippen molar-refractivity contribution >= 4 is 30.0 Å². The van der Waals surface area contributed by atoms with E-state index in [-0.39, 0.29) is 30.0 Å². The molecule has 0 radical (unpaired) electrons. The number of aryl methyl sites for hydroxylation is 1. The van der Waals surface area contributed by atoms with E-state index in [1.807, 2.05) is 6.92 Å². The van der Waals surface area contributed by atoms with E-state index >= 15 is 0 Å². The molecule has 1 aromatic carbocycles. The zero-order valence-electron chi connectivity index (χ0n) is 14.7. The first-order valence-electron chi connectivity index (χ1n) is 8.21. The highest BCUT2D eigenvalue weighted by Crippen LogP contribution is 2.19. The lowest BCUT2D eigenvalue weighted by atomic mass is 10.1. The Labute approximate surface area is 157 Å². The molecule has 0 bridgehead atoms. The fraction of sp³-hybridized carbons (Fsp3) is 0.412. The van der Waals surface area contributed by atoms with Gasteiger partial charge in [-0.15, -0.1) is 17.5 Å². The van der Waals surface area contributed by atoms with Gasteiger partial charge in [-0.25, -0.2) is 9.48 Å². The number of esters is 1. The van der Waals surface area contributed by atoms with Crippen LogP contribution in [-0.4, -0.2) is 47.1 Å². The second-order valence-electron chi connectivity index (χ2n) is 6.04. The van der Waals surface area contributed by atoms with Gasteiger partial charge in [0, 0.05) is 5.69 Å². The molecule has 2 heterocycles. The number of benzene rings is 1. The van der Waals surface area contributed by atoms with Gasteiger partial charge < -0.3 is 15.4 Å². The number of nitrogens with zero attached hydrogens (tertiary/aromatic N) is 3. The van der Waals surface area contributed by atoms with E-state index in [0.717, 1.165) is 31.5 Å². The lowest BCUT2D eigenvalue weighted by Gasteiger charge is -2.22. The van der Waals surface area contributed by atoms with Crippen LogP contribution in [0.15, 0.2) is 24.4 Å². The molecule has 3 rings (SSSR count). The van der Waals surface area contributed by atoms with Crippen molar-refractivity contribution in [2.45, 2.75) is 25.8 Å². The minimum atomic E-state index is -0.439. The van der Waals surface area contributed by atoms with Crippen molar-refractivity contribution < 1.29 is 14.3 Å². The normalized spacial score (nSPS) is 14.4. The molecule has 1 aliphatic heterocycles. The topological polar surface area (TPSA) is 98.1 Å². The highest BCUT2D eigenvalue weighted by atomic mass is 35.5. The van der Waals surface area contributed by atoms with Crippen LogP contribution < -0.4 is 10.6 Å². The van der Waals surface area contributed by atoms with Crippen molar-refractivity contribution in [3.05, 3.63) is 41.2 Å². The molecular formula is C17H22ClN5O3. The summed E-state index contributed by atoms with van der Waals surface area (Å²) < 4.78 is 6.50. The Bertz CT molecular complexity index is 786. The average Bonchev–Trinajstić information content (AvgIpc) is 3.14. The van der Waals surface area contributed by atoms with Crippen LogP contribution in [-0.2, 0) is 4.74 Å². The van der Waals surface area contributed by atoms with E-state index in [4.69, 9.17) is 4.74 Å². The maximum atomic E-state index is 12.4. The van der Waals surface area contributed by atoms with Crippen LogP contribution in [0.3, 0.4) is 0 Å². The standard InChI is InChI=1S/C17H21N5O3.ClH/c1-11-3-4-12(9-14(11)17(24)25-2)19-16(23)15-10-22(21-20-15)13-5-7-18-8-6-13;/h3-4,9-10,13,18H,5-8H2,1-2H3,(H,19,23);1H. The van der Waals surface area contributed by atoms with E-state index in [0.29, 0.717) is 11.3 Å². The summed E-state index contributed by atoms with van der Waals surface area (Å²) >= 11 is 0. The molecular weight excluding hydrogens is 358 g/mol. The maximum absolute atomic E-state index is 12.4. The van der Waals surface area contributed by atoms with Gasteiger partial charge in [0.25, 0.3) is 5.91 Å². The first-order valence-corrected chi connectivity index (χ1v) is 8.21. The summed E-state index contributed by atoms with van der Waals surface area (Å²) in [7, 11) is 1.33. The first kappa shape index (κ1) is 19.9. The number of carbonyl (C=O) groups is 2. The first-order chi connectivity index (χ1) is 12.1. The van der Waals surface area contributed by atoms with Gasteiger partial charge in [-0.1, -0.05) is 11.3 Å². The largest absolute Gasteiger partial charge is 0.465 e. The summed E-state index contributed by atoms with van der Waals surface area (Å²) in [5.74, 6) is -0.801. The number of anilines is 1. The highest BCUT2D eigenvalue weighted by Gasteiger charge is 2.19. The Hall–Kier alpha value is -2.45. The molecule has 2 aromatic rings. The summed E-state index contributed by atoms with van der Waals surface area (Å²) in [5, 5.41) is 14.1. The number of ether oxygens (including phenoxy) is 1. The van der Waals surface area contributed by atoms with Gasteiger partial charge in [0.2, 0.25) is 0 Å². The third kappa shape index (κ3) is 4.39. The lowest BCUT2D eigenvalue weighted by Crippen LogP contribution is -2.29. The van der Waals surface area contributed by atoms with E-state index in [1.165, 1.54) is 7.11 Å². The van der Waals surface area contributed by atoms with Crippen LogP contribution in [0.1, 0.15) is 45.3 Å². The van der Waals surface area contributed by atoms with Crippen LogP contribution in [0.4, 0.5) is 5.69 Å². The number of halogens is 1. The van der Waals surface area contributed by atoms with Crippen LogP contribution in [0.2, 0.25) is 0 Å². The molecule has 26 heavy (non-hydrogen) atoms. The summed E-state index contributed by atoms with van der Waals surface area (Å²) in [6, 6.07) is 5.35. The van der Waals surface area contributed by atoms with Gasteiger partial charge in [0.1, 0.15) is 0 Å². The molecule has 2 N–H and O–H groups in total. The molecule has 0 atom stereocenters. The molecule has 1 saturated heterocycles. The molecule has 1 amide bonds. The van der Waals surface area contributed by atoms with E-state index in [9.17, 15) is 9.59 Å². The molecule has 0 aliphatic carbocycles. The van der Waals surface area contributed by atoms with Crippen molar-refractivity contribution in [2.75, 3.05) is 25.5 Å². The third-order valence-electron chi connectivity index (χ3n) is 4.33. The SMILES string of the molecule is COC(=O)c1cc(NC(=O)c2cn(C3CCNCC3)nn2)ccc1C.Cl. The van der Waals surface area contributed by atoms with Crippen molar-refractivity contribution in [2.24, 2.45) is 0 Å². The molecule has 9 heteroatoms. The zero-order chi connectivity index (χ0) is 17.8. The fourth-order valence-electron chi connectivity index (χ4n) is 2.86. The van der Waals surface area contributed by atoms with Gasteiger partial charge in [-0.2, -0.15) is 0 Å². The number of carbonyl (C=O) groups excluding carboxylic acids is 2. The van der Waals surface area contributed by atoms with Crippen molar-refractivity contribution in [3.8, 4) is 0 Å². The van der Waals surface area contributed by atoms with Crippen LogP contribution in [0.25, 0.3) is 0 Å². The molecule has 0 unspecified atom stereocenters. The van der Waals surface area contributed by atoms with E-state index < -0.39 is 5.97 Å². The second kappa shape index (κ2) is 8.77. The fourth-order valence-corrected chi connectivity index (χ4v) is 2.86. The smallest absolute Gasteiger partial charge is 0.338 e. The maximum Gasteiger partial charge on any atom is 0.338 e. The predicted octanol–water partition coefficient (Wildman–Crippen LogP) is 1.97. The number of aromatic nitrogens is 3. The number of nitrogens with one attached hydrogen (secondary N) is 2. The van der Waals surface area contributed by atoms with Crippen molar-refractivity contribution in [3.63, 3.8) is 0 Å². The summed E-state index contributed by atoms with van der Waals surface area (Å²) in [6.07, 6.45) is 3.59. The monoisotopic (exact) mass is 379 g/mol. The average molecular weight is 380 g/mol. The van der Waals surface area contributed by atoms with Crippen molar-refractivity contribution in [1.29, 1.82) is 0 Å². The minimum absolute atomic E-state index is 0. The lowest BCUT2D eigenvalue weighted by molar-refractivity contribution is 0.0599. The van der Waals surface area contributed by atoms with Gasteiger partial charge in [-0.3, -0.25) is 4.79 Å². The van der Waals surface area contributed by atoms with Crippen molar-refractivity contribution in [1.82, 2.24) is 20.3 Å². The van der Waals surface area contributed by atoms with Gasteiger partial charge in [0.05, 0.1) is 24.9 Å². The predicted molar refractivity (Wildman–Crippen MR) is 98.9 cm³/mol. The Morgan fingerprint density at radius 1 is 1.31 bits per heavy atom. The molecule has 1 fully saturated rings. The molecule has 0 spiro atoms. The van der Waals surface area contributed by atoms with E-state index in [1.54, 1.807) is 29.1 Å². The van der Waals surface area contributed by atoms with Gasteiger partial charge in [-0.05, 0) is 50.6 Å². The van der Waals surface area contributed by atoms with Crippen LogP contribution >= 0.6 is 12.4 Å². The number of piperidine rings is 1. The third-order valence-corrected chi connectivity index (χ3v) is 4.33. The van der Waals surface area contributed by atoms with Gasteiger partial charge >= 0.3 is 5.97 Å². The quantitative estimate of drug-likeness (QED) is 0.788. The summed E-state index contributed by atoms with van der Waals surface area (Å²) in [4.78, 5) is 24.1. The summed E-state index contributed by atoms with van der Waals surface area (Å²) in [5.41, 5.74) is 1.95. The van der Waals surface area contributed by atoms with Crippen LogP contribution in [0, 0.1) is 6.92 Å². The molecule has 0 saturated carbocycles. The summed E-state index contributed by atoms with van der Waals surface area (Å²) in [6.45, 7) is 3.68. The molecule has 140 valence electrons. The molecule has 8 nitrogen and oxygen atoms in total. The molecule has 1 aromatic heterocycles. The Kier molecular flexibility index (Phi) is 6.70. The zero-order valence-corrected chi connectivity index (χ0v) is 15.5. The number of amides is 1. The second-order valence-corrected chi connectivity index (χ2v) is 6.04. The Morgan fingerprint density at radius 2 is 2.04 bits per heavy atom. The number of rotatable bonds is 4. The highest BCUT2D eigenvalue weighted by molar-refractivity contribution is 6.03. The number of methoxy groups -OCH3 is 1. The Balaban J connectivity index is 0.00000243. The molecule has 1 aliphatic rings. The van der Waals surface area contributed by atoms with E-state index in [2.05, 4.69) is 20.9 Å². The van der Waals surface area contributed by atoms with Crippen LogP contribution in [0.5, 0.6) is 0 Å². The Morgan fingerprint density at radius 3 is 2.73 bits per heavy atom. The number of hydrogen-bond donors (Lipinski definition) is 2. The van der Waals surface area contributed by atoms with Gasteiger partial charge in [0.15, 0.2) is 5.69 Å². The minimum Gasteiger partial charge on any atom is -0.465 e. The number of hydrogen-bond acceptors (Lipinski definition) is 6.